The van der Waals surface area contributed by atoms with Crippen LogP contribution in [-0.4, -0.2) is 23.9 Å². The van der Waals surface area contributed by atoms with E-state index in [1.165, 1.54) is 43.8 Å². The van der Waals surface area contributed by atoms with Gasteiger partial charge in [0.15, 0.2) is 11.5 Å². The van der Waals surface area contributed by atoms with E-state index in [0.29, 0.717) is 11.5 Å². The van der Waals surface area contributed by atoms with Crippen molar-refractivity contribution in [3.8, 4) is 28.2 Å². The molecule has 5 aromatic carbocycles. The molecule has 6 heteroatoms. The highest BCUT2D eigenvalue weighted by Crippen LogP contribution is 2.50. The van der Waals surface area contributed by atoms with Crippen LogP contribution in [0.2, 0.25) is 0 Å². The fourth-order valence-corrected chi connectivity index (χ4v) is 6.94. The van der Waals surface area contributed by atoms with E-state index in [0.717, 1.165) is 33.2 Å². The normalized spacial score (nSPS) is 13.6. The lowest BCUT2D eigenvalue weighted by Gasteiger charge is -2.21. The summed E-state index contributed by atoms with van der Waals surface area (Å²) in [5.41, 5.74) is 10.2. The van der Waals surface area contributed by atoms with Gasteiger partial charge in [0.25, 0.3) is 0 Å². The smallest absolute Gasteiger partial charge is 0.309 e. The molecule has 0 bridgehead atoms. The third-order valence-electron chi connectivity index (χ3n) is 9.05. The molecule has 0 N–H and O–H groups in total. The van der Waals surface area contributed by atoms with E-state index in [1.807, 2.05) is 36.4 Å². The number of benzene rings is 5. The Bertz CT molecular complexity index is 2510. The van der Waals surface area contributed by atoms with E-state index in [9.17, 15) is 4.79 Å². The molecule has 43 heavy (non-hydrogen) atoms. The Morgan fingerprint density at radius 3 is 2.33 bits per heavy atom. The molecule has 6 nitrogen and oxygen atoms in total. The third kappa shape index (κ3) is 3.29. The minimum absolute atomic E-state index is 0.102. The molecule has 3 aromatic heterocycles. The van der Waals surface area contributed by atoms with Gasteiger partial charge in [0.05, 0.1) is 16.6 Å². The van der Waals surface area contributed by atoms with Crippen molar-refractivity contribution in [2.45, 2.75) is 19.3 Å². The third-order valence-corrected chi connectivity index (χ3v) is 9.05. The monoisotopic (exact) mass is 555 g/mol. The first-order chi connectivity index (χ1) is 21.0. The first kappa shape index (κ1) is 24.0. The summed E-state index contributed by atoms with van der Waals surface area (Å²) >= 11 is 0. The average Bonchev–Trinajstić information content (AvgIpc) is 3.48. The van der Waals surface area contributed by atoms with Gasteiger partial charge in [-0.15, -0.1) is 0 Å². The molecule has 0 fully saturated rings. The molecule has 3 heterocycles. The molecule has 0 saturated carbocycles. The van der Waals surface area contributed by atoms with Crippen LogP contribution in [0.25, 0.3) is 66.6 Å². The fraction of sp³-hybridized carbons (Fsp3) is 0.0811. The van der Waals surface area contributed by atoms with Gasteiger partial charge in [-0.05, 0) is 58.7 Å². The van der Waals surface area contributed by atoms with Gasteiger partial charge in [-0.1, -0.05) is 86.6 Å². The number of hydrogen-bond donors (Lipinski definition) is 0. The summed E-state index contributed by atoms with van der Waals surface area (Å²) in [6.07, 6.45) is 1.52. The van der Waals surface area contributed by atoms with Crippen LogP contribution in [0, 0.1) is 0 Å². The number of rotatable bonds is 2. The maximum absolute atomic E-state index is 13.0. The Morgan fingerprint density at radius 1 is 0.651 bits per heavy atom. The van der Waals surface area contributed by atoms with Crippen LogP contribution >= 0.6 is 0 Å². The second kappa shape index (κ2) is 8.46. The SMILES string of the molecule is CC1(C)c2ccccc2-c2cc3c4ccccc4n(-c4ccc5c(c4)ncn4c(=O)nc(-c6ccccc6)nc54)c3cc21. The second-order valence-electron chi connectivity index (χ2n) is 11.8. The molecule has 1 aliphatic carbocycles. The van der Waals surface area contributed by atoms with Crippen LogP contribution in [0.4, 0.5) is 0 Å². The second-order valence-corrected chi connectivity index (χ2v) is 11.8. The van der Waals surface area contributed by atoms with E-state index < -0.39 is 5.69 Å². The standard InChI is InChI=1S/C37H25N5O/c1-37(2)29-14-8-6-12-24(29)27-19-28-25-13-7-9-15-32(25)42(33(28)20-30(27)37)23-16-17-26-31(18-23)38-21-41-35(26)39-34(40-36(41)43)22-10-4-3-5-11-22/h3-21H,1-2H3. The summed E-state index contributed by atoms with van der Waals surface area (Å²) in [5.74, 6) is 0.405. The van der Waals surface area contributed by atoms with Crippen molar-refractivity contribution < 1.29 is 0 Å². The Labute approximate surface area is 246 Å². The molecular weight excluding hydrogens is 530 g/mol. The van der Waals surface area contributed by atoms with Gasteiger partial charge in [0, 0.05) is 32.8 Å². The Morgan fingerprint density at radius 2 is 1.44 bits per heavy atom. The van der Waals surface area contributed by atoms with Crippen LogP contribution in [0.3, 0.4) is 0 Å². The van der Waals surface area contributed by atoms with E-state index in [2.05, 4.69) is 101 Å². The predicted molar refractivity (Wildman–Crippen MR) is 172 cm³/mol. The number of fused-ring (bicyclic) bond motifs is 9. The Kier molecular flexibility index (Phi) is 4.72. The van der Waals surface area contributed by atoms with Crippen molar-refractivity contribution in [2.24, 2.45) is 0 Å². The van der Waals surface area contributed by atoms with Gasteiger partial charge in [0.2, 0.25) is 0 Å². The Balaban J connectivity index is 1.30. The van der Waals surface area contributed by atoms with Crippen LogP contribution in [0.1, 0.15) is 25.0 Å². The van der Waals surface area contributed by atoms with E-state index in [-0.39, 0.29) is 5.41 Å². The molecule has 9 rings (SSSR count). The summed E-state index contributed by atoms with van der Waals surface area (Å²) in [4.78, 5) is 26.7. The van der Waals surface area contributed by atoms with Crippen LogP contribution < -0.4 is 5.69 Å². The number of aromatic nitrogens is 5. The summed E-state index contributed by atoms with van der Waals surface area (Å²) in [6.45, 7) is 4.63. The van der Waals surface area contributed by atoms with Crippen molar-refractivity contribution in [3.63, 3.8) is 0 Å². The number of para-hydroxylation sites is 1. The molecule has 0 spiro atoms. The maximum Gasteiger partial charge on any atom is 0.356 e. The van der Waals surface area contributed by atoms with Gasteiger partial charge in [0.1, 0.15) is 6.33 Å². The molecule has 1 aliphatic rings. The first-order valence-corrected chi connectivity index (χ1v) is 14.4. The average molecular weight is 556 g/mol. The van der Waals surface area contributed by atoms with Crippen molar-refractivity contribution in [1.29, 1.82) is 0 Å². The molecular formula is C37H25N5O. The quantitative estimate of drug-likeness (QED) is 0.205. The minimum Gasteiger partial charge on any atom is -0.309 e. The van der Waals surface area contributed by atoms with Gasteiger partial charge in [-0.3, -0.25) is 0 Å². The molecule has 0 unspecified atom stereocenters. The predicted octanol–water partition coefficient (Wildman–Crippen LogP) is 7.71. The van der Waals surface area contributed by atoms with Crippen molar-refractivity contribution >= 4 is 38.4 Å². The van der Waals surface area contributed by atoms with Gasteiger partial charge < -0.3 is 4.57 Å². The zero-order valence-corrected chi connectivity index (χ0v) is 23.6. The molecule has 0 radical (unpaired) electrons. The molecule has 204 valence electrons. The van der Waals surface area contributed by atoms with Crippen molar-refractivity contribution in [1.82, 2.24) is 23.9 Å². The highest BCUT2D eigenvalue weighted by molar-refractivity contribution is 6.12. The van der Waals surface area contributed by atoms with Crippen LogP contribution in [0.5, 0.6) is 0 Å². The van der Waals surface area contributed by atoms with Crippen LogP contribution in [-0.2, 0) is 5.41 Å². The summed E-state index contributed by atoms with van der Waals surface area (Å²) in [7, 11) is 0. The lowest BCUT2D eigenvalue weighted by atomic mass is 9.82. The topological polar surface area (TPSA) is 65.1 Å². The lowest BCUT2D eigenvalue weighted by Crippen LogP contribution is -2.20. The summed E-state index contributed by atoms with van der Waals surface area (Å²) in [6, 6.07) is 37.9. The zero-order chi connectivity index (χ0) is 28.9. The lowest BCUT2D eigenvalue weighted by molar-refractivity contribution is 0.661. The molecule has 0 saturated heterocycles. The van der Waals surface area contributed by atoms with Crippen molar-refractivity contribution in [2.75, 3.05) is 0 Å². The van der Waals surface area contributed by atoms with E-state index in [4.69, 9.17) is 4.98 Å². The molecule has 0 aliphatic heterocycles. The number of nitrogens with zero attached hydrogens (tertiary/aromatic N) is 5. The number of hydrogen-bond acceptors (Lipinski definition) is 4. The maximum atomic E-state index is 13.0. The first-order valence-electron chi connectivity index (χ1n) is 14.4. The largest absolute Gasteiger partial charge is 0.356 e. The highest BCUT2D eigenvalue weighted by Gasteiger charge is 2.36. The van der Waals surface area contributed by atoms with E-state index in [1.54, 1.807) is 0 Å². The van der Waals surface area contributed by atoms with Crippen LogP contribution in [0.15, 0.2) is 120 Å². The zero-order valence-electron chi connectivity index (χ0n) is 23.6. The summed E-state index contributed by atoms with van der Waals surface area (Å²) in [5, 5.41) is 3.22. The highest BCUT2D eigenvalue weighted by atomic mass is 16.1. The van der Waals surface area contributed by atoms with Crippen molar-refractivity contribution in [3.05, 3.63) is 137 Å². The Hall–Kier alpha value is -5.62. The minimum atomic E-state index is -0.401. The van der Waals surface area contributed by atoms with E-state index >= 15 is 0 Å². The van der Waals surface area contributed by atoms with Gasteiger partial charge >= 0.3 is 5.69 Å². The molecule has 8 aromatic rings. The fourth-order valence-electron chi connectivity index (χ4n) is 6.94. The summed E-state index contributed by atoms with van der Waals surface area (Å²) < 4.78 is 3.74. The molecule has 0 atom stereocenters. The van der Waals surface area contributed by atoms with Gasteiger partial charge in [-0.25, -0.2) is 19.2 Å². The molecule has 0 amide bonds. The van der Waals surface area contributed by atoms with Gasteiger partial charge in [-0.2, -0.15) is 4.98 Å².